The third-order valence-electron chi connectivity index (χ3n) is 2.38. The first-order valence-electron chi connectivity index (χ1n) is 6.11. The molecular formula is C13H19F2NO2S. The molecule has 3 nitrogen and oxygen atoms in total. The van der Waals surface area contributed by atoms with Gasteiger partial charge in [0.2, 0.25) is 0 Å². The lowest BCUT2D eigenvalue weighted by molar-refractivity contribution is -0.0511. The van der Waals surface area contributed by atoms with Crippen molar-refractivity contribution in [3.63, 3.8) is 0 Å². The molecule has 19 heavy (non-hydrogen) atoms. The smallest absolute Gasteiger partial charge is 0.387 e. The first-order chi connectivity index (χ1) is 9.17. The minimum absolute atomic E-state index is 0.0467. The van der Waals surface area contributed by atoms with Crippen molar-refractivity contribution in [1.29, 1.82) is 0 Å². The van der Waals surface area contributed by atoms with Crippen molar-refractivity contribution >= 4 is 17.4 Å². The maximum absolute atomic E-state index is 12.3. The first kappa shape index (κ1) is 15.9. The monoisotopic (exact) mass is 291 g/mol. The Kier molecular flexibility index (Phi) is 7.40. The van der Waals surface area contributed by atoms with Gasteiger partial charge in [0.25, 0.3) is 0 Å². The van der Waals surface area contributed by atoms with Crippen LogP contribution in [0.15, 0.2) is 18.2 Å². The second-order valence-corrected chi connectivity index (χ2v) is 5.12. The Morgan fingerprint density at radius 2 is 2.11 bits per heavy atom. The van der Waals surface area contributed by atoms with Crippen LogP contribution in [-0.4, -0.2) is 31.8 Å². The molecule has 0 amide bonds. The van der Waals surface area contributed by atoms with Crippen LogP contribution >= 0.6 is 11.8 Å². The predicted molar refractivity (Wildman–Crippen MR) is 75.7 cm³/mol. The summed E-state index contributed by atoms with van der Waals surface area (Å²) in [5.74, 6) is 2.53. The molecule has 0 aliphatic heterocycles. The fourth-order valence-electron chi connectivity index (χ4n) is 1.53. The molecule has 0 saturated carbocycles. The largest absolute Gasteiger partial charge is 0.493 e. The van der Waals surface area contributed by atoms with Gasteiger partial charge < -0.3 is 14.8 Å². The fraction of sp³-hybridized carbons (Fsp3) is 0.538. The van der Waals surface area contributed by atoms with Gasteiger partial charge in [0, 0.05) is 18.3 Å². The zero-order valence-corrected chi connectivity index (χ0v) is 11.9. The number of hydrogen-bond donors (Lipinski definition) is 1. The van der Waals surface area contributed by atoms with E-state index in [1.54, 1.807) is 12.1 Å². The lowest BCUT2D eigenvalue weighted by Gasteiger charge is -2.12. The Morgan fingerprint density at radius 3 is 2.74 bits per heavy atom. The van der Waals surface area contributed by atoms with Crippen LogP contribution in [0.5, 0.6) is 11.5 Å². The van der Waals surface area contributed by atoms with Crippen molar-refractivity contribution in [1.82, 2.24) is 0 Å². The van der Waals surface area contributed by atoms with E-state index >= 15 is 0 Å². The highest BCUT2D eigenvalue weighted by Gasteiger charge is 2.11. The quantitative estimate of drug-likeness (QED) is 0.700. The maximum Gasteiger partial charge on any atom is 0.387 e. The van der Waals surface area contributed by atoms with E-state index in [4.69, 9.17) is 4.74 Å². The van der Waals surface area contributed by atoms with Gasteiger partial charge in [-0.25, -0.2) is 0 Å². The minimum Gasteiger partial charge on any atom is -0.493 e. The van der Waals surface area contributed by atoms with Gasteiger partial charge in [0.15, 0.2) is 11.5 Å². The van der Waals surface area contributed by atoms with Gasteiger partial charge in [-0.15, -0.1) is 0 Å². The molecule has 0 bridgehead atoms. The number of thioether (sulfide) groups is 1. The number of ether oxygens (including phenoxy) is 2. The molecular weight excluding hydrogens is 272 g/mol. The number of hydrogen-bond acceptors (Lipinski definition) is 4. The SMILES string of the molecule is CCSCCCNc1ccc(OC)c(OC(F)F)c1. The predicted octanol–water partition coefficient (Wildman–Crippen LogP) is 3.85. The molecule has 108 valence electrons. The van der Waals surface area contributed by atoms with Gasteiger partial charge in [-0.2, -0.15) is 20.5 Å². The lowest BCUT2D eigenvalue weighted by atomic mass is 10.2. The molecule has 1 N–H and O–H groups in total. The third kappa shape index (κ3) is 6.00. The summed E-state index contributed by atoms with van der Waals surface area (Å²) in [7, 11) is 1.42. The molecule has 6 heteroatoms. The van der Waals surface area contributed by atoms with Crippen molar-refractivity contribution in [3.05, 3.63) is 18.2 Å². The van der Waals surface area contributed by atoms with Crippen LogP contribution in [0.4, 0.5) is 14.5 Å². The maximum atomic E-state index is 12.3. The molecule has 0 saturated heterocycles. The van der Waals surface area contributed by atoms with E-state index in [1.807, 2.05) is 11.8 Å². The molecule has 1 aromatic carbocycles. The summed E-state index contributed by atoms with van der Waals surface area (Å²) < 4.78 is 33.9. The van der Waals surface area contributed by atoms with Gasteiger partial charge in [-0.1, -0.05) is 6.92 Å². The van der Waals surface area contributed by atoms with Crippen molar-refractivity contribution in [2.75, 3.05) is 30.5 Å². The van der Waals surface area contributed by atoms with Crippen LogP contribution in [0.3, 0.4) is 0 Å². The summed E-state index contributed by atoms with van der Waals surface area (Å²) >= 11 is 1.88. The summed E-state index contributed by atoms with van der Waals surface area (Å²) in [4.78, 5) is 0. The highest BCUT2D eigenvalue weighted by Crippen LogP contribution is 2.31. The van der Waals surface area contributed by atoms with E-state index in [1.165, 1.54) is 13.2 Å². The van der Waals surface area contributed by atoms with Gasteiger partial charge >= 0.3 is 6.61 Å². The molecule has 1 rings (SSSR count). The summed E-state index contributed by atoms with van der Waals surface area (Å²) in [5.41, 5.74) is 0.748. The van der Waals surface area contributed by atoms with Gasteiger partial charge in [0.05, 0.1) is 7.11 Å². The lowest BCUT2D eigenvalue weighted by Crippen LogP contribution is -2.06. The van der Waals surface area contributed by atoms with Crippen LogP contribution in [0.1, 0.15) is 13.3 Å². The number of methoxy groups -OCH3 is 1. The summed E-state index contributed by atoms with van der Waals surface area (Å²) in [6, 6.07) is 4.92. The standard InChI is InChI=1S/C13H19F2NO2S/c1-3-19-8-4-7-16-10-5-6-11(17-2)12(9-10)18-13(14)15/h5-6,9,13,16H,3-4,7-8H2,1-2H3. The van der Waals surface area contributed by atoms with Crippen molar-refractivity contribution in [3.8, 4) is 11.5 Å². The van der Waals surface area contributed by atoms with Crippen LogP contribution in [0.2, 0.25) is 0 Å². The summed E-state index contributed by atoms with van der Waals surface area (Å²) in [6.07, 6.45) is 1.02. The molecule has 1 aromatic rings. The topological polar surface area (TPSA) is 30.5 Å². The number of alkyl halides is 2. The Morgan fingerprint density at radius 1 is 1.32 bits per heavy atom. The molecule has 0 aliphatic carbocycles. The van der Waals surface area contributed by atoms with E-state index in [0.29, 0.717) is 5.75 Å². The van der Waals surface area contributed by atoms with Crippen LogP contribution in [-0.2, 0) is 0 Å². The Balaban J connectivity index is 2.54. The minimum atomic E-state index is -2.86. The molecule has 0 atom stereocenters. The molecule has 0 radical (unpaired) electrons. The van der Waals surface area contributed by atoms with Gasteiger partial charge in [-0.05, 0) is 30.1 Å². The van der Waals surface area contributed by atoms with Crippen molar-refractivity contribution < 1.29 is 18.3 Å². The molecule has 0 spiro atoms. The van der Waals surface area contributed by atoms with Crippen LogP contribution < -0.4 is 14.8 Å². The van der Waals surface area contributed by atoms with E-state index in [-0.39, 0.29) is 5.75 Å². The molecule has 0 aromatic heterocycles. The average molecular weight is 291 g/mol. The Bertz CT molecular complexity index is 378. The first-order valence-corrected chi connectivity index (χ1v) is 7.27. The second-order valence-electron chi connectivity index (χ2n) is 3.72. The number of nitrogens with one attached hydrogen (secondary N) is 1. The van der Waals surface area contributed by atoms with Crippen molar-refractivity contribution in [2.24, 2.45) is 0 Å². The van der Waals surface area contributed by atoms with E-state index < -0.39 is 6.61 Å². The number of anilines is 1. The van der Waals surface area contributed by atoms with Crippen LogP contribution in [0.25, 0.3) is 0 Å². The van der Waals surface area contributed by atoms with Crippen LogP contribution in [0, 0.1) is 0 Å². The highest BCUT2D eigenvalue weighted by atomic mass is 32.2. The molecule has 0 unspecified atom stereocenters. The second kappa shape index (κ2) is 8.85. The number of benzene rings is 1. The van der Waals surface area contributed by atoms with E-state index in [2.05, 4.69) is 17.0 Å². The highest BCUT2D eigenvalue weighted by molar-refractivity contribution is 7.99. The normalized spacial score (nSPS) is 10.6. The zero-order valence-electron chi connectivity index (χ0n) is 11.1. The summed E-state index contributed by atoms with van der Waals surface area (Å²) in [6.45, 7) is 0.0632. The molecule has 0 aliphatic rings. The third-order valence-corrected chi connectivity index (χ3v) is 3.36. The van der Waals surface area contributed by atoms with E-state index in [9.17, 15) is 8.78 Å². The van der Waals surface area contributed by atoms with E-state index in [0.717, 1.165) is 30.2 Å². The molecule has 0 heterocycles. The number of halogens is 2. The van der Waals surface area contributed by atoms with Crippen molar-refractivity contribution in [2.45, 2.75) is 20.0 Å². The zero-order chi connectivity index (χ0) is 14.1. The van der Waals surface area contributed by atoms with Gasteiger partial charge in [-0.3, -0.25) is 0 Å². The fourth-order valence-corrected chi connectivity index (χ4v) is 2.16. The number of rotatable bonds is 9. The Hall–Kier alpha value is -1.17. The molecule has 0 fully saturated rings. The Labute approximate surface area is 116 Å². The average Bonchev–Trinajstić information content (AvgIpc) is 2.38. The van der Waals surface area contributed by atoms with Gasteiger partial charge in [0.1, 0.15) is 0 Å². The summed E-state index contributed by atoms with van der Waals surface area (Å²) in [5, 5.41) is 3.17.